The summed E-state index contributed by atoms with van der Waals surface area (Å²) in [6.45, 7) is 0.218. The van der Waals surface area contributed by atoms with Crippen LogP contribution in [0.5, 0.6) is 0 Å². The number of rotatable bonds is 6. The zero-order chi connectivity index (χ0) is 15.0. The van der Waals surface area contributed by atoms with E-state index in [4.69, 9.17) is 11.7 Å². The van der Waals surface area contributed by atoms with Crippen molar-refractivity contribution >= 4 is 17.7 Å². The summed E-state index contributed by atoms with van der Waals surface area (Å²) in [5.41, 5.74) is 5.15. The molecule has 0 aliphatic rings. The molecule has 20 heavy (non-hydrogen) atoms. The van der Waals surface area contributed by atoms with Crippen LogP contribution < -0.4 is 27.9 Å². The second-order valence-electron chi connectivity index (χ2n) is 4.01. The van der Waals surface area contributed by atoms with E-state index in [1.807, 2.05) is 10.9 Å². The summed E-state index contributed by atoms with van der Waals surface area (Å²) in [5.74, 6) is 8.96. The Morgan fingerprint density at radius 3 is 2.15 bits per heavy atom. The number of nitrogens with one attached hydrogen (secondary N) is 3. The molecule has 1 aromatic carbocycles. The number of hydrogen-bond donors (Lipinski definition) is 5. The van der Waals surface area contributed by atoms with Crippen molar-refractivity contribution in [3.8, 4) is 0 Å². The first-order valence-corrected chi connectivity index (χ1v) is 5.93. The summed E-state index contributed by atoms with van der Waals surface area (Å²) in [6.07, 6.45) is 0.284. The average Bonchev–Trinajstić information content (AvgIpc) is 2.47. The number of amides is 3. The molecule has 0 unspecified atom stereocenters. The molecular formula is C12H17N5O3. The van der Waals surface area contributed by atoms with Crippen molar-refractivity contribution in [1.82, 2.24) is 16.2 Å². The van der Waals surface area contributed by atoms with Gasteiger partial charge in [-0.05, 0) is 17.7 Å². The van der Waals surface area contributed by atoms with E-state index in [0.717, 1.165) is 5.56 Å². The third-order valence-electron chi connectivity index (χ3n) is 2.55. The third kappa shape index (κ3) is 5.04. The average molecular weight is 279 g/mol. The van der Waals surface area contributed by atoms with Gasteiger partial charge in [0.1, 0.15) is 0 Å². The van der Waals surface area contributed by atoms with Crippen LogP contribution >= 0.6 is 0 Å². The molecule has 0 aromatic heterocycles. The Kier molecular flexibility index (Phi) is 6.14. The first-order chi connectivity index (χ1) is 9.56. The van der Waals surface area contributed by atoms with Gasteiger partial charge in [0.05, 0.1) is 6.42 Å². The second kappa shape index (κ2) is 7.87. The number of nitrogen functional groups attached to an aromatic ring is 1. The van der Waals surface area contributed by atoms with E-state index < -0.39 is 5.91 Å². The molecule has 0 fully saturated rings. The largest absolute Gasteiger partial charge is 0.355 e. The van der Waals surface area contributed by atoms with E-state index in [2.05, 4.69) is 5.32 Å². The normalized spacial score (nSPS) is 9.70. The topological polar surface area (TPSA) is 139 Å². The predicted molar refractivity (Wildman–Crippen MR) is 71.8 cm³/mol. The molecule has 0 aliphatic carbocycles. The van der Waals surface area contributed by atoms with Crippen LogP contribution in [0.15, 0.2) is 24.3 Å². The molecule has 108 valence electrons. The minimum atomic E-state index is -0.395. The molecule has 0 bridgehead atoms. The highest BCUT2D eigenvalue weighted by molar-refractivity contribution is 5.93. The van der Waals surface area contributed by atoms with Crippen LogP contribution in [0.4, 0.5) is 0 Å². The molecule has 8 nitrogen and oxygen atoms in total. The standard InChI is InChI=1S/C12H17N5O3/c13-16-10(18)5-6-15-11(19)7-8-1-3-9(4-2-8)12(20)17-14/h1-4H,5-7,13-14H2,(H,15,19)(H,16,18)(H,17,20). The molecule has 0 heterocycles. The Morgan fingerprint density at radius 2 is 1.60 bits per heavy atom. The Labute approximate surface area is 115 Å². The fraction of sp³-hybridized carbons (Fsp3) is 0.250. The van der Waals surface area contributed by atoms with Crippen molar-refractivity contribution in [2.75, 3.05) is 6.54 Å². The van der Waals surface area contributed by atoms with Gasteiger partial charge in [0.2, 0.25) is 11.8 Å². The van der Waals surface area contributed by atoms with Crippen molar-refractivity contribution in [3.63, 3.8) is 0 Å². The highest BCUT2D eigenvalue weighted by Crippen LogP contribution is 2.05. The summed E-state index contributed by atoms with van der Waals surface area (Å²) in [6, 6.07) is 6.48. The van der Waals surface area contributed by atoms with Gasteiger partial charge in [-0.15, -0.1) is 0 Å². The van der Waals surface area contributed by atoms with Gasteiger partial charge in [-0.25, -0.2) is 11.7 Å². The first-order valence-electron chi connectivity index (χ1n) is 5.93. The van der Waals surface area contributed by atoms with Crippen LogP contribution in [0.2, 0.25) is 0 Å². The maximum absolute atomic E-state index is 11.6. The van der Waals surface area contributed by atoms with E-state index in [1.54, 1.807) is 24.3 Å². The van der Waals surface area contributed by atoms with Gasteiger partial charge in [-0.1, -0.05) is 12.1 Å². The minimum Gasteiger partial charge on any atom is -0.355 e. The van der Waals surface area contributed by atoms with Crippen molar-refractivity contribution in [2.45, 2.75) is 12.8 Å². The van der Waals surface area contributed by atoms with E-state index in [1.165, 1.54) is 0 Å². The maximum atomic E-state index is 11.6. The van der Waals surface area contributed by atoms with Crippen LogP contribution in [0.25, 0.3) is 0 Å². The quantitative estimate of drug-likeness (QED) is 0.241. The van der Waals surface area contributed by atoms with Crippen molar-refractivity contribution in [1.29, 1.82) is 0 Å². The fourth-order valence-electron chi connectivity index (χ4n) is 1.49. The lowest BCUT2D eigenvalue weighted by Gasteiger charge is -2.05. The van der Waals surface area contributed by atoms with E-state index >= 15 is 0 Å². The van der Waals surface area contributed by atoms with Crippen LogP contribution in [0.3, 0.4) is 0 Å². The highest BCUT2D eigenvalue weighted by atomic mass is 16.2. The van der Waals surface area contributed by atoms with Gasteiger partial charge in [0, 0.05) is 18.5 Å². The van der Waals surface area contributed by atoms with Crippen LogP contribution in [-0.4, -0.2) is 24.3 Å². The molecule has 0 saturated heterocycles. The summed E-state index contributed by atoms with van der Waals surface area (Å²) < 4.78 is 0. The van der Waals surface area contributed by atoms with Crippen molar-refractivity contribution in [3.05, 3.63) is 35.4 Å². The Hall–Kier alpha value is -2.45. The molecule has 3 amide bonds. The molecule has 1 rings (SSSR count). The van der Waals surface area contributed by atoms with Crippen molar-refractivity contribution < 1.29 is 14.4 Å². The molecule has 0 spiro atoms. The van der Waals surface area contributed by atoms with Crippen LogP contribution in [0.1, 0.15) is 22.3 Å². The molecule has 0 saturated carbocycles. The van der Waals surface area contributed by atoms with Gasteiger partial charge < -0.3 is 5.32 Å². The highest BCUT2D eigenvalue weighted by Gasteiger charge is 2.06. The molecule has 1 aromatic rings. The SMILES string of the molecule is NNC(=O)CCNC(=O)Cc1ccc(C(=O)NN)cc1. The monoisotopic (exact) mass is 279 g/mol. The van der Waals surface area contributed by atoms with E-state index in [9.17, 15) is 14.4 Å². The third-order valence-corrected chi connectivity index (χ3v) is 2.55. The lowest BCUT2D eigenvalue weighted by Crippen LogP contribution is -2.34. The number of nitrogens with two attached hydrogens (primary N) is 2. The summed E-state index contributed by atoms with van der Waals surface area (Å²) in [5, 5.41) is 2.59. The number of carbonyl (C=O) groups is 3. The lowest BCUT2D eigenvalue weighted by atomic mass is 10.1. The Morgan fingerprint density at radius 1 is 0.950 bits per heavy atom. The number of hydrazine groups is 2. The molecule has 8 heteroatoms. The van der Waals surface area contributed by atoms with E-state index in [0.29, 0.717) is 5.56 Å². The maximum Gasteiger partial charge on any atom is 0.265 e. The molecular weight excluding hydrogens is 262 g/mol. The van der Waals surface area contributed by atoms with Gasteiger partial charge in [-0.3, -0.25) is 25.2 Å². The molecule has 0 atom stereocenters. The zero-order valence-electron chi connectivity index (χ0n) is 10.8. The second-order valence-corrected chi connectivity index (χ2v) is 4.01. The number of hydrogen-bond acceptors (Lipinski definition) is 5. The van der Waals surface area contributed by atoms with Gasteiger partial charge in [0.25, 0.3) is 5.91 Å². The predicted octanol–water partition coefficient (Wildman–Crippen LogP) is -1.67. The molecule has 0 radical (unpaired) electrons. The van der Waals surface area contributed by atoms with Crippen LogP contribution in [-0.2, 0) is 16.0 Å². The van der Waals surface area contributed by atoms with Gasteiger partial charge in [0.15, 0.2) is 0 Å². The number of carbonyl (C=O) groups excluding carboxylic acids is 3. The summed E-state index contributed by atoms with van der Waals surface area (Å²) in [4.78, 5) is 33.6. The number of benzene rings is 1. The van der Waals surface area contributed by atoms with E-state index in [-0.39, 0.29) is 31.2 Å². The molecule has 0 aliphatic heterocycles. The fourth-order valence-corrected chi connectivity index (χ4v) is 1.49. The van der Waals surface area contributed by atoms with Gasteiger partial charge in [-0.2, -0.15) is 0 Å². The zero-order valence-corrected chi connectivity index (χ0v) is 10.8. The smallest absolute Gasteiger partial charge is 0.265 e. The first kappa shape index (κ1) is 15.6. The van der Waals surface area contributed by atoms with Gasteiger partial charge >= 0.3 is 0 Å². The van der Waals surface area contributed by atoms with Crippen molar-refractivity contribution in [2.24, 2.45) is 11.7 Å². The minimum absolute atomic E-state index is 0.123. The van der Waals surface area contributed by atoms with Crippen LogP contribution in [0, 0.1) is 0 Å². The lowest BCUT2D eigenvalue weighted by molar-refractivity contribution is -0.122. The summed E-state index contributed by atoms with van der Waals surface area (Å²) >= 11 is 0. The summed E-state index contributed by atoms with van der Waals surface area (Å²) in [7, 11) is 0. The Balaban J connectivity index is 2.42. The molecule has 7 N–H and O–H groups in total. The Bertz CT molecular complexity index is 486.